The second-order valence-corrected chi connectivity index (χ2v) is 5.35. The summed E-state index contributed by atoms with van der Waals surface area (Å²) < 4.78 is 7.58. The summed E-state index contributed by atoms with van der Waals surface area (Å²) in [6, 6.07) is 9.77. The van der Waals surface area contributed by atoms with Gasteiger partial charge in [-0.2, -0.15) is 10.1 Å². The van der Waals surface area contributed by atoms with Crippen LogP contribution in [0.25, 0.3) is 16.0 Å². The molecule has 0 aliphatic heterocycles. The lowest BCUT2D eigenvalue weighted by atomic mass is 10.3. The van der Waals surface area contributed by atoms with E-state index in [2.05, 4.69) is 15.4 Å². The highest BCUT2D eigenvalue weighted by molar-refractivity contribution is 7.22. The fourth-order valence-corrected chi connectivity index (χ4v) is 2.86. The Kier molecular flexibility index (Phi) is 3.57. The molecule has 0 atom stereocenters. The molecule has 0 bridgehead atoms. The second kappa shape index (κ2) is 5.53. The molecule has 3 aromatic rings. The molecule has 21 heavy (non-hydrogen) atoms. The SMILES string of the molecule is CCOC(=O)Nc1nc2c(s1)c(C)nn2-c1ccccc1. The largest absolute Gasteiger partial charge is 0.450 e. The van der Waals surface area contributed by atoms with Crippen LogP contribution in [0, 0.1) is 6.92 Å². The first kappa shape index (κ1) is 13.6. The molecule has 1 aromatic carbocycles. The molecule has 6 nitrogen and oxygen atoms in total. The van der Waals surface area contributed by atoms with Crippen molar-refractivity contribution in [3.05, 3.63) is 36.0 Å². The molecule has 7 heteroatoms. The molecule has 2 heterocycles. The van der Waals surface area contributed by atoms with Crippen LogP contribution >= 0.6 is 11.3 Å². The standard InChI is InChI=1S/C14H14N4O2S/c1-3-20-14(19)16-13-15-12-11(21-13)9(2)17-18(12)10-7-5-4-6-8-10/h4-8H,3H2,1-2H3,(H,15,16,19). The van der Waals surface area contributed by atoms with Crippen LogP contribution in [0.3, 0.4) is 0 Å². The van der Waals surface area contributed by atoms with Crippen LogP contribution in [0.2, 0.25) is 0 Å². The fourth-order valence-electron chi connectivity index (χ4n) is 1.99. The highest BCUT2D eigenvalue weighted by Crippen LogP contribution is 2.30. The number of aryl methyl sites for hydroxylation is 1. The van der Waals surface area contributed by atoms with Gasteiger partial charge in [-0.3, -0.25) is 5.32 Å². The van der Waals surface area contributed by atoms with E-state index in [9.17, 15) is 4.79 Å². The zero-order valence-electron chi connectivity index (χ0n) is 11.7. The summed E-state index contributed by atoms with van der Waals surface area (Å²) in [6.45, 7) is 4.01. The predicted octanol–water partition coefficient (Wildman–Crippen LogP) is 3.36. The summed E-state index contributed by atoms with van der Waals surface area (Å²) >= 11 is 1.39. The number of nitrogens with one attached hydrogen (secondary N) is 1. The number of carbonyl (C=O) groups is 1. The normalized spacial score (nSPS) is 10.8. The smallest absolute Gasteiger partial charge is 0.413 e. The molecule has 0 aliphatic carbocycles. The summed E-state index contributed by atoms with van der Waals surface area (Å²) in [5.74, 6) is 0. The molecule has 0 fully saturated rings. The summed E-state index contributed by atoms with van der Waals surface area (Å²) in [5.41, 5.74) is 2.54. The third-order valence-electron chi connectivity index (χ3n) is 2.87. The highest BCUT2D eigenvalue weighted by atomic mass is 32.1. The van der Waals surface area contributed by atoms with E-state index in [0.717, 1.165) is 21.7 Å². The van der Waals surface area contributed by atoms with E-state index in [4.69, 9.17) is 4.74 Å². The molecular weight excluding hydrogens is 288 g/mol. The van der Waals surface area contributed by atoms with E-state index in [0.29, 0.717) is 11.7 Å². The first-order chi connectivity index (χ1) is 10.2. The van der Waals surface area contributed by atoms with Gasteiger partial charge in [-0.1, -0.05) is 29.5 Å². The molecule has 108 valence electrons. The lowest BCUT2D eigenvalue weighted by Crippen LogP contribution is -2.13. The minimum Gasteiger partial charge on any atom is -0.450 e. The molecule has 1 N–H and O–H groups in total. The van der Waals surface area contributed by atoms with E-state index in [1.807, 2.05) is 37.3 Å². The van der Waals surface area contributed by atoms with Crippen molar-refractivity contribution in [1.29, 1.82) is 0 Å². The van der Waals surface area contributed by atoms with Crippen molar-refractivity contribution in [1.82, 2.24) is 14.8 Å². The lowest BCUT2D eigenvalue weighted by molar-refractivity contribution is 0.168. The molecule has 0 spiro atoms. The van der Waals surface area contributed by atoms with E-state index >= 15 is 0 Å². The van der Waals surface area contributed by atoms with Crippen molar-refractivity contribution in [2.75, 3.05) is 11.9 Å². The minimum atomic E-state index is -0.495. The van der Waals surface area contributed by atoms with Gasteiger partial charge >= 0.3 is 6.09 Å². The van der Waals surface area contributed by atoms with Gasteiger partial charge in [-0.15, -0.1) is 0 Å². The number of aromatic nitrogens is 3. The number of benzene rings is 1. The Bertz CT molecular complexity index is 779. The Balaban J connectivity index is 2.00. The van der Waals surface area contributed by atoms with Gasteiger partial charge in [0.25, 0.3) is 0 Å². The number of thiazole rings is 1. The van der Waals surface area contributed by atoms with Gasteiger partial charge in [0.05, 0.1) is 22.7 Å². The number of hydrogen-bond acceptors (Lipinski definition) is 5. The number of rotatable bonds is 3. The number of amides is 1. The fraction of sp³-hybridized carbons (Fsp3) is 0.214. The first-order valence-corrected chi connectivity index (χ1v) is 7.36. The molecular formula is C14H14N4O2S. The molecule has 3 rings (SSSR count). The monoisotopic (exact) mass is 302 g/mol. The number of para-hydroxylation sites is 1. The van der Waals surface area contributed by atoms with Crippen LogP contribution in [0.15, 0.2) is 30.3 Å². The Labute approximate surface area is 125 Å². The van der Waals surface area contributed by atoms with Gasteiger partial charge in [0.2, 0.25) is 0 Å². The van der Waals surface area contributed by atoms with Crippen molar-refractivity contribution >= 4 is 32.9 Å². The maximum absolute atomic E-state index is 11.5. The number of fused-ring (bicyclic) bond motifs is 1. The van der Waals surface area contributed by atoms with Gasteiger partial charge < -0.3 is 4.74 Å². The van der Waals surface area contributed by atoms with E-state index in [1.165, 1.54) is 11.3 Å². The lowest BCUT2D eigenvalue weighted by Gasteiger charge is -2.02. The molecule has 0 aliphatic rings. The second-order valence-electron chi connectivity index (χ2n) is 4.35. The maximum Gasteiger partial charge on any atom is 0.413 e. The Hall–Kier alpha value is -2.41. The first-order valence-electron chi connectivity index (χ1n) is 6.54. The number of hydrogen-bond donors (Lipinski definition) is 1. The Morgan fingerprint density at radius 1 is 1.38 bits per heavy atom. The zero-order valence-corrected chi connectivity index (χ0v) is 12.5. The average Bonchev–Trinajstić information content (AvgIpc) is 3.01. The predicted molar refractivity (Wildman–Crippen MR) is 82.1 cm³/mol. The summed E-state index contributed by atoms with van der Waals surface area (Å²) in [7, 11) is 0. The molecule has 2 aromatic heterocycles. The number of ether oxygens (including phenoxy) is 1. The third-order valence-corrected chi connectivity index (χ3v) is 3.94. The minimum absolute atomic E-state index is 0.327. The highest BCUT2D eigenvalue weighted by Gasteiger charge is 2.16. The van der Waals surface area contributed by atoms with Crippen LogP contribution in [0.1, 0.15) is 12.6 Å². The van der Waals surface area contributed by atoms with Gasteiger partial charge in [-0.05, 0) is 26.0 Å². The Morgan fingerprint density at radius 2 is 2.14 bits per heavy atom. The van der Waals surface area contributed by atoms with Gasteiger partial charge in [0.1, 0.15) is 0 Å². The quantitative estimate of drug-likeness (QED) is 0.805. The van der Waals surface area contributed by atoms with E-state index < -0.39 is 6.09 Å². The topological polar surface area (TPSA) is 69.0 Å². The van der Waals surface area contributed by atoms with Crippen molar-refractivity contribution in [3.8, 4) is 5.69 Å². The molecule has 0 saturated heterocycles. The van der Waals surface area contributed by atoms with Gasteiger partial charge in [-0.25, -0.2) is 9.48 Å². The summed E-state index contributed by atoms with van der Waals surface area (Å²) in [5, 5.41) is 7.63. The number of nitrogens with zero attached hydrogens (tertiary/aromatic N) is 3. The third kappa shape index (κ3) is 2.59. The van der Waals surface area contributed by atoms with Crippen LogP contribution in [-0.4, -0.2) is 27.5 Å². The average molecular weight is 302 g/mol. The molecule has 1 amide bonds. The van der Waals surface area contributed by atoms with Crippen molar-refractivity contribution < 1.29 is 9.53 Å². The summed E-state index contributed by atoms with van der Waals surface area (Å²) in [6.07, 6.45) is -0.495. The molecule has 0 saturated carbocycles. The van der Waals surface area contributed by atoms with Crippen LogP contribution in [0.4, 0.5) is 9.93 Å². The van der Waals surface area contributed by atoms with Crippen molar-refractivity contribution in [2.45, 2.75) is 13.8 Å². The van der Waals surface area contributed by atoms with Crippen molar-refractivity contribution in [3.63, 3.8) is 0 Å². The van der Waals surface area contributed by atoms with E-state index in [1.54, 1.807) is 11.6 Å². The zero-order chi connectivity index (χ0) is 14.8. The molecule has 0 unspecified atom stereocenters. The summed E-state index contributed by atoms with van der Waals surface area (Å²) in [4.78, 5) is 15.9. The van der Waals surface area contributed by atoms with Crippen LogP contribution in [0.5, 0.6) is 0 Å². The maximum atomic E-state index is 11.5. The van der Waals surface area contributed by atoms with Crippen LogP contribution < -0.4 is 5.32 Å². The number of carbonyl (C=O) groups excluding carboxylic acids is 1. The Morgan fingerprint density at radius 3 is 2.86 bits per heavy atom. The van der Waals surface area contributed by atoms with Crippen molar-refractivity contribution in [2.24, 2.45) is 0 Å². The van der Waals surface area contributed by atoms with Crippen LogP contribution in [-0.2, 0) is 4.74 Å². The van der Waals surface area contributed by atoms with Gasteiger partial charge in [0, 0.05) is 0 Å². The van der Waals surface area contributed by atoms with E-state index in [-0.39, 0.29) is 0 Å². The molecule has 0 radical (unpaired) electrons. The number of anilines is 1. The van der Waals surface area contributed by atoms with Gasteiger partial charge in [0.15, 0.2) is 10.8 Å².